The van der Waals surface area contributed by atoms with Crippen molar-refractivity contribution < 1.29 is 8.42 Å². The lowest BCUT2D eigenvalue weighted by Crippen LogP contribution is -2.26. The van der Waals surface area contributed by atoms with Crippen LogP contribution in [0.3, 0.4) is 0 Å². The summed E-state index contributed by atoms with van der Waals surface area (Å²) in [5.41, 5.74) is 2.92. The Morgan fingerprint density at radius 2 is 1.88 bits per heavy atom. The van der Waals surface area contributed by atoms with Gasteiger partial charge in [0.05, 0.1) is 4.90 Å². The summed E-state index contributed by atoms with van der Waals surface area (Å²) in [5.74, 6) is 0. The van der Waals surface area contributed by atoms with Gasteiger partial charge in [0.1, 0.15) is 5.65 Å². The van der Waals surface area contributed by atoms with Crippen molar-refractivity contribution in [2.75, 3.05) is 6.54 Å². The van der Waals surface area contributed by atoms with E-state index in [1.54, 1.807) is 18.3 Å². The van der Waals surface area contributed by atoms with Crippen LogP contribution in [0.1, 0.15) is 31.4 Å². The summed E-state index contributed by atoms with van der Waals surface area (Å²) in [6.45, 7) is 5.36. The predicted molar refractivity (Wildman–Crippen MR) is 105 cm³/mol. The number of aromatic nitrogens is 2. The Kier molecular flexibility index (Phi) is 5.74. The van der Waals surface area contributed by atoms with Crippen LogP contribution in [-0.4, -0.2) is 24.5 Å². The number of hydrogen-bond acceptors (Lipinski definition) is 3. The number of nitrogens with one attached hydrogen (secondary N) is 1. The van der Waals surface area contributed by atoms with Crippen molar-refractivity contribution in [3.05, 3.63) is 59.9 Å². The highest BCUT2D eigenvalue weighted by atomic mass is 32.2. The molecule has 0 atom stereocenters. The van der Waals surface area contributed by atoms with Crippen LogP contribution in [0, 0.1) is 0 Å². The van der Waals surface area contributed by atoms with E-state index in [4.69, 9.17) is 0 Å². The highest BCUT2D eigenvalue weighted by Crippen LogP contribution is 2.21. The fourth-order valence-corrected chi connectivity index (χ4v) is 4.60. The summed E-state index contributed by atoms with van der Waals surface area (Å²) >= 11 is 0. The molecule has 0 amide bonds. The molecule has 0 bridgehead atoms. The second-order valence-electron chi connectivity index (χ2n) is 6.33. The van der Waals surface area contributed by atoms with Gasteiger partial charge in [0, 0.05) is 30.9 Å². The quantitative estimate of drug-likeness (QED) is 0.659. The summed E-state index contributed by atoms with van der Waals surface area (Å²) in [4.78, 5) is 4.84. The SMILES string of the molecule is CCCn1cc(CCNS(=O)(=O)c2ccccc2CC)c2cccnc21. The summed E-state index contributed by atoms with van der Waals surface area (Å²) in [6, 6.07) is 11.1. The van der Waals surface area contributed by atoms with E-state index in [1.165, 1.54) is 0 Å². The van der Waals surface area contributed by atoms with Crippen molar-refractivity contribution in [1.82, 2.24) is 14.3 Å². The third kappa shape index (κ3) is 3.81. The molecule has 2 aromatic heterocycles. The number of aryl methyl sites for hydroxylation is 2. The van der Waals surface area contributed by atoms with E-state index in [1.807, 2.05) is 31.2 Å². The minimum atomic E-state index is -3.50. The zero-order valence-electron chi connectivity index (χ0n) is 15.3. The zero-order valence-corrected chi connectivity index (χ0v) is 16.1. The summed E-state index contributed by atoms with van der Waals surface area (Å²) in [6.07, 6.45) is 6.23. The molecule has 0 saturated carbocycles. The van der Waals surface area contributed by atoms with Crippen molar-refractivity contribution in [2.24, 2.45) is 0 Å². The first kappa shape index (κ1) is 18.6. The molecule has 0 aliphatic rings. The van der Waals surface area contributed by atoms with Crippen molar-refractivity contribution in [2.45, 2.75) is 44.6 Å². The maximum absolute atomic E-state index is 12.6. The van der Waals surface area contributed by atoms with Crippen LogP contribution < -0.4 is 4.72 Å². The van der Waals surface area contributed by atoms with Gasteiger partial charge in [-0.2, -0.15) is 0 Å². The standard InChI is InChI=1S/C20H25N3O2S/c1-3-14-23-15-17(18-9-7-12-21-20(18)23)11-13-22-26(24,25)19-10-6-5-8-16(19)4-2/h5-10,12,15,22H,3-4,11,13-14H2,1-2H3. The van der Waals surface area contributed by atoms with Crippen molar-refractivity contribution >= 4 is 21.1 Å². The van der Waals surface area contributed by atoms with Crippen LogP contribution in [0.25, 0.3) is 11.0 Å². The Balaban J connectivity index is 1.77. The maximum Gasteiger partial charge on any atom is 0.240 e. The van der Waals surface area contributed by atoms with Crippen molar-refractivity contribution in [3.8, 4) is 0 Å². The van der Waals surface area contributed by atoms with Crippen molar-refractivity contribution in [1.29, 1.82) is 0 Å². The minimum Gasteiger partial charge on any atom is -0.332 e. The Morgan fingerprint density at radius 1 is 1.08 bits per heavy atom. The van der Waals surface area contributed by atoms with Gasteiger partial charge in [-0.25, -0.2) is 18.1 Å². The van der Waals surface area contributed by atoms with Gasteiger partial charge in [0.2, 0.25) is 10.0 Å². The van der Waals surface area contributed by atoms with Gasteiger partial charge >= 0.3 is 0 Å². The highest BCUT2D eigenvalue weighted by molar-refractivity contribution is 7.89. The lowest BCUT2D eigenvalue weighted by molar-refractivity contribution is 0.580. The molecule has 0 fully saturated rings. The van der Waals surface area contributed by atoms with E-state index in [-0.39, 0.29) is 0 Å². The van der Waals surface area contributed by atoms with Gasteiger partial charge in [-0.05, 0) is 48.6 Å². The first-order valence-electron chi connectivity index (χ1n) is 9.07. The lowest BCUT2D eigenvalue weighted by atomic mass is 10.2. The topological polar surface area (TPSA) is 64.0 Å². The van der Waals surface area contributed by atoms with E-state index in [0.717, 1.165) is 35.1 Å². The van der Waals surface area contributed by atoms with Crippen LogP contribution in [-0.2, 0) is 29.4 Å². The van der Waals surface area contributed by atoms with Crippen molar-refractivity contribution in [3.63, 3.8) is 0 Å². The predicted octanol–water partition coefficient (Wildman–Crippen LogP) is 3.53. The van der Waals surface area contributed by atoms with Gasteiger partial charge in [-0.1, -0.05) is 32.0 Å². The summed E-state index contributed by atoms with van der Waals surface area (Å²) < 4.78 is 30.2. The molecule has 0 spiro atoms. The van der Waals surface area contributed by atoms with Crippen LogP contribution in [0.2, 0.25) is 0 Å². The molecule has 138 valence electrons. The number of pyridine rings is 1. The van der Waals surface area contributed by atoms with Crippen LogP contribution >= 0.6 is 0 Å². The van der Waals surface area contributed by atoms with Crippen LogP contribution in [0.15, 0.2) is 53.7 Å². The third-order valence-corrected chi connectivity index (χ3v) is 6.07. The van der Waals surface area contributed by atoms with E-state index in [9.17, 15) is 8.42 Å². The van der Waals surface area contributed by atoms with E-state index >= 15 is 0 Å². The number of benzene rings is 1. The largest absolute Gasteiger partial charge is 0.332 e. The molecule has 0 unspecified atom stereocenters. The van der Waals surface area contributed by atoms with E-state index in [2.05, 4.69) is 27.4 Å². The van der Waals surface area contributed by atoms with E-state index < -0.39 is 10.0 Å². The average Bonchev–Trinajstić information content (AvgIpc) is 3.00. The van der Waals surface area contributed by atoms with Crippen LogP contribution in [0.5, 0.6) is 0 Å². The van der Waals surface area contributed by atoms with Gasteiger partial charge in [-0.3, -0.25) is 0 Å². The fourth-order valence-electron chi connectivity index (χ4n) is 3.26. The van der Waals surface area contributed by atoms with Crippen LogP contribution in [0.4, 0.5) is 0 Å². The molecule has 3 rings (SSSR count). The summed E-state index contributed by atoms with van der Waals surface area (Å²) in [5, 5.41) is 1.09. The van der Waals surface area contributed by atoms with Gasteiger partial charge in [0.25, 0.3) is 0 Å². The first-order chi connectivity index (χ1) is 12.6. The van der Waals surface area contributed by atoms with Gasteiger partial charge in [-0.15, -0.1) is 0 Å². The second-order valence-corrected chi connectivity index (χ2v) is 8.07. The molecule has 6 heteroatoms. The number of rotatable bonds is 8. The number of hydrogen-bond donors (Lipinski definition) is 1. The monoisotopic (exact) mass is 371 g/mol. The Morgan fingerprint density at radius 3 is 2.65 bits per heavy atom. The Hall–Kier alpha value is -2.18. The average molecular weight is 372 g/mol. The molecule has 2 heterocycles. The second kappa shape index (κ2) is 8.01. The molecule has 5 nitrogen and oxygen atoms in total. The lowest BCUT2D eigenvalue weighted by Gasteiger charge is -2.10. The molecule has 0 radical (unpaired) electrons. The minimum absolute atomic E-state index is 0.362. The Bertz CT molecular complexity index is 993. The fraction of sp³-hybridized carbons (Fsp3) is 0.350. The first-order valence-corrected chi connectivity index (χ1v) is 10.6. The molecular weight excluding hydrogens is 346 g/mol. The number of nitrogens with zero attached hydrogens (tertiary/aromatic N) is 2. The number of fused-ring (bicyclic) bond motifs is 1. The molecule has 0 saturated heterocycles. The van der Waals surface area contributed by atoms with Gasteiger partial charge < -0.3 is 4.57 Å². The number of sulfonamides is 1. The molecule has 26 heavy (non-hydrogen) atoms. The highest BCUT2D eigenvalue weighted by Gasteiger charge is 2.17. The van der Waals surface area contributed by atoms with Gasteiger partial charge in [0.15, 0.2) is 0 Å². The zero-order chi connectivity index (χ0) is 18.6. The summed E-state index contributed by atoms with van der Waals surface area (Å²) in [7, 11) is -3.50. The maximum atomic E-state index is 12.6. The molecular formula is C20H25N3O2S. The Labute approximate surface area is 155 Å². The molecule has 1 aromatic carbocycles. The van der Waals surface area contributed by atoms with E-state index in [0.29, 0.717) is 24.3 Å². The molecule has 0 aliphatic carbocycles. The normalized spacial score (nSPS) is 11.9. The molecule has 1 N–H and O–H groups in total. The molecule has 3 aromatic rings. The third-order valence-electron chi connectivity index (χ3n) is 4.51. The smallest absolute Gasteiger partial charge is 0.240 e. The molecule has 0 aliphatic heterocycles.